The van der Waals surface area contributed by atoms with Crippen LogP contribution in [0.4, 0.5) is 0 Å². The Bertz CT molecular complexity index is 1280. The van der Waals surface area contributed by atoms with E-state index in [0.29, 0.717) is 11.7 Å². The number of H-pyrrole nitrogens is 1. The van der Waals surface area contributed by atoms with Gasteiger partial charge in [0.25, 0.3) is 0 Å². The first-order valence-corrected chi connectivity index (χ1v) is 13.9. The van der Waals surface area contributed by atoms with E-state index in [1.807, 2.05) is 18.2 Å². The van der Waals surface area contributed by atoms with E-state index in [1.165, 1.54) is 44.1 Å². The van der Waals surface area contributed by atoms with Crippen LogP contribution >= 0.6 is 11.8 Å². The average molecular weight is 489 g/mol. The van der Waals surface area contributed by atoms with Gasteiger partial charge in [-0.15, -0.1) is 11.8 Å². The molecule has 6 heteroatoms. The lowest BCUT2D eigenvalue weighted by Crippen LogP contribution is -2.60. The number of fused-ring (bicyclic) bond motifs is 1. The SMILES string of the molecule is COc1ccc2[nH]c(-c3ccccc3OC)c(C3SCC(=O)N3C34CC5CC(CC(C5)C3)C4)c2c1. The Morgan fingerprint density at radius 1 is 0.971 bits per heavy atom. The number of amides is 1. The summed E-state index contributed by atoms with van der Waals surface area (Å²) >= 11 is 1.79. The quantitative estimate of drug-likeness (QED) is 0.452. The average Bonchev–Trinajstić information content (AvgIpc) is 3.43. The van der Waals surface area contributed by atoms with Gasteiger partial charge in [-0.05, 0) is 86.6 Å². The number of methoxy groups -OCH3 is 2. The van der Waals surface area contributed by atoms with Crippen molar-refractivity contribution in [3.05, 3.63) is 48.0 Å². The lowest BCUT2D eigenvalue weighted by Gasteiger charge is -2.60. The maximum absolute atomic E-state index is 13.7. The zero-order chi connectivity index (χ0) is 23.7. The first-order chi connectivity index (χ1) is 17.1. The van der Waals surface area contributed by atoms with E-state index in [9.17, 15) is 4.79 Å². The predicted molar refractivity (Wildman–Crippen MR) is 140 cm³/mol. The van der Waals surface area contributed by atoms with E-state index in [4.69, 9.17) is 9.47 Å². The number of ether oxygens (including phenoxy) is 2. The number of nitrogens with one attached hydrogen (secondary N) is 1. The van der Waals surface area contributed by atoms with Crippen molar-refractivity contribution >= 4 is 28.6 Å². The molecule has 4 aliphatic carbocycles. The lowest BCUT2D eigenvalue weighted by molar-refractivity contribution is -0.148. The molecule has 1 amide bonds. The number of carbonyl (C=O) groups excluding carboxylic acids is 1. The van der Waals surface area contributed by atoms with Gasteiger partial charge in [0.2, 0.25) is 5.91 Å². The number of nitrogens with zero attached hydrogens (tertiary/aromatic N) is 1. The molecule has 1 aromatic heterocycles. The van der Waals surface area contributed by atoms with Crippen LogP contribution in [0.15, 0.2) is 42.5 Å². The number of carbonyl (C=O) groups is 1. The molecule has 182 valence electrons. The third kappa shape index (κ3) is 3.25. The zero-order valence-electron chi connectivity index (χ0n) is 20.4. The number of rotatable bonds is 5. The van der Waals surface area contributed by atoms with Crippen molar-refractivity contribution in [2.45, 2.75) is 49.4 Å². The molecule has 1 N–H and O–H groups in total. The lowest BCUT2D eigenvalue weighted by atomic mass is 9.52. The highest BCUT2D eigenvalue weighted by atomic mass is 32.2. The van der Waals surface area contributed by atoms with Crippen molar-refractivity contribution in [3.63, 3.8) is 0 Å². The van der Waals surface area contributed by atoms with Crippen LogP contribution in [-0.2, 0) is 4.79 Å². The molecule has 1 saturated heterocycles. The van der Waals surface area contributed by atoms with Crippen molar-refractivity contribution in [1.29, 1.82) is 0 Å². The number of aromatic amines is 1. The second kappa shape index (κ2) is 7.95. The van der Waals surface area contributed by atoms with Gasteiger partial charge in [-0.3, -0.25) is 4.79 Å². The first-order valence-electron chi connectivity index (χ1n) is 12.9. The van der Waals surface area contributed by atoms with E-state index in [2.05, 4.69) is 34.1 Å². The number of hydrogen-bond donors (Lipinski definition) is 1. The van der Waals surface area contributed by atoms with E-state index in [-0.39, 0.29) is 10.9 Å². The molecular weight excluding hydrogens is 456 g/mol. The Balaban J connectivity index is 1.42. The van der Waals surface area contributed by atoms with Crippen LogP contribution in [0.25, 0.3) is 22.2 Å². The zero-order valence-corrected chi connectivity index (χ0v) is 21.2. The molecule has 0 radical (unpaired) electrons. The molecule has 1 unspecified atom stereocenters. The van der Waals surface area contributed by atoms with Crippen molar-refractivity contribution in [3.8, 4) is 22.8 Å². The highest BCUT2D eigenvalue weighted by Gasteiger charge is 2.58. The van der Waals surface area contributed by atoms with Crippen LogP contribution in [0.5, 0.6) is 11.5 Å². The number of hydrogen-bond acceptors (Lipinski definition) is 4. The summed E-state index contributed by atoms with van der Waals surface area (Å²) in [6.07, 6.45) is 7.65. The molecule has 4 saturated carbocycles. The van der Waals surface area contributed by atoms with E-state index in [1.54, 1.807) is 26.0 Å². The Hall–Kier alpha value is -2.60. The highest BCUT2D eigenvalue weighted by molar-refractivity contribution is 8.00. The third-order valence-corrected chi connectivity index (χ3v) is 10.2. The fourth-order valence-corrected chi connectivity index (χ4v) is 9.49. The van der Waals surface area contributed by atoms with E-state index >= 15 is 0 Å². The summed E-state index contributed by atoms with van der Waals surface area (Å²) < 4.78 is 11.4. The van der Waals surface area contributed by atoms with Crippen molar-refractivity contribution in [2.24, 2.45) is 17.8 Å². The fourth-order valence-electron chi connectivity index (χ4n) is 8.15. The summed E-state index contributed by atoms with van der Waals surface area (Å²) in [4.78, 5) is 19.7. The van der Waals surface area contributed by atoms with Gasteiger partial charge in [0.15, 0.2) is 0 Å². The fraction of sp³-hybridized carbons (Fsp3) is 0.483. The summed E-state index contributed by atoms with van der Waals surface area (Å²) in [7, 11) is 3.43. The monoisotopic (exact) mass is 488 g/mol. The maximum atomic E-state index is 13.7. The highest BCUT2D eigenvalue weighted by Crippen LogP contribution is 2.62. The summed E-state index contributed by atoms with van der Waals surface area (Å²) in [5.41, 5.74) is 4.35. The second-order valence-electron chi connectivity index (χ2n) is 11.1. The van der Waals surface area contributed by atoms with Crippen molar-refractivity contribution in [2.75, 3.05) is 20.0 Å². The molecule has 3 aromatic rings. The molecule has 4 bridgehead atoms. The predicted octanol–water partition coefficient (Wildman–Crippen LogP) is 6.39. The van der Waals surface area contributed by atoms with E-state index < -0.39 is 0 Å². The van der Waals surface area contributed by atoms with Crippen LogP contribution < -0.4 is 9.47 Å². The first kappa shape index (κ1) is 21.7. The van der Waals surface area contributed by atoms with E-state index in [0.717, 1.165) is 51.4 Å². The Morgan fingerprint density at radius 2 is 1.69 bits per heavy atom. The van der Waals surface area contributed by atoms with Crippen molar-refractivity contribution < 1.29 is 14.3 Å². The Morgan fingerprint density at radius 3 is 2.37 bits per heavy atom. The molecule has 1 aliphatic heterocycles. The molecule has 5 fully saturated rings. The van der Waals surface area contributed by atoms with Gasteiger partial charge in [0, 0.05) is 27.6 Å². The number of benzene rings is 2. The van der Waals surface area contributed by atoms with Gasteiger partial charge in [-0.25, -0.2) is 0 Å². The minimum absolute atomic E-state index is 0.0143. The standard InChI is InChI=1S/C29H32N2O3S/c1-33-20-7-8-23-22(12-20)26(27(30-23)21-5-3-4-6-24(21)34-2)28-31(25(32)16-35-28)29-13-17-9-18(14-29)11-19(10-17)15-29/h3-8,12,17-19,28,30H,9-11,13-16H2,1-2H3. The van der Waals surface area contributed by atoms with Gasteiger partial charge < -0.3 is 19.4 Å². The second-order valence-corrected chi connectivity index (χ2v) is 12.2. The minimum Gasteiger partial charge on any atom is -0.497 e. The molecule has 8 rings (SSSR count). The Kier molecular flexibility index (Phi) is 4.92. The van der Waals surface area contributed by atoms with Crippen molar-refractivity contribution in [1.82, 2.24) is 9.88 Å². The largest absolute Gasteiger partial charge is 0.497 e. The molecule has 2 aromatic carbocycles. The van der Waals surface area contributed by atoms with Crippen LogP contribution in [0, 0.1) is 17.8 Å². The summed E-state index contributed by atoms with van der Waals surface area (Å²) in [5, 5.41) is 1.12. The number of aromatic nitrogens is 1. The smallest absolute Gasteiger partial charge is 0.234 e. The molecule has 5 nitrogen and oxygen atoms in total. The van der Waals surface area contributed by atoms with Crippen LogP contribution in [0.1, 0.15) is 49.5 Å². The number of para-hydroxylation sites is 1. The van der Waals surface area contributed by atoms with Crippen LogP contribution in [0.2, 0.25) is 0 Å². The summed E-state index contributed by atoms with van der Waals surface area (Å²) in [5.74, 6) is 4.90. The number of thioether (sulfide) groups is 1. The topological polar surface area (TPSA) is 54.6 Å². The minimum atomic E-state index is -0.0143. The van der Waals surface area contributed by atoms with Gasteiger partial charge in [0.05, 0.1) is 25.7 Å². The molecule has 2 heterocycles. The van der Waals surface area contributed by atoms with Gasteiger partial charge >= 0.3 is 0 Å². The van der Waals surface area contributed by atoms with Gasteiger partial charge in [0.1, 0.15) is 16.9 Å². The summed E-state index contributed by atoms with van der Waals surface area (Å²) in [6, 6.07) is 14.4. The normalized spacial score (nSPS) is 31.5. The maximum Gasteiger partial charge on any atom is 0.234 e. The molecule has 35 heavy (non-hydrogen) atoms. The molecule has 5 aliphatic rings. The van der Waals surface area contributed by atoms with Gasteiger partial charge in [-0.2, -0.15) is 0 Å². The van der Waals surface area contributed by atoms with Crippen LogP contribution in [0.3, 0.4) is 0 Å². The molecular formula is C29H32N2O3S. The van der Waals surface area contributed by atoms with Crippen LogP contribution in [-0.4, -0.2) is 41.3 Å². The van der Waals surface area contributed by atoms with Gasteiger partial charge in [-0.1, -0.05) is 12.1 Å². The molecule has 1 atom stereocenters. The molecule has 0 spiro atoms. The summed E-state index contributed by atoms with van der Waals surface area (Å²) in [6.45, 7) is 0. The third-order valence-electron chi connectivity index (χ3n) is 9.05. The Labute approximate surface area is 210 Å².